The second kappa shape index (κ2) is 3.68. The van der Waals surface area contributed by atoms with E-state index >= 15 is 0 Å². The number of fused-ring (bicyclic) bond motifs is 3. The molecule has 6 nitrogen and oxygen atoms in total. The lowest BCUT2D eigenvalue weighted by Crippen LogP contribution is -2.70. The number of aliphatic imine (C=N–C) groups is 1. The summed E-state index contributed by atoms with van der Waals surface area (Å²) in [6.07, 6.45) is 4.32. The molecule has 25 heavy (non-hydrogen) atoms. The largest absolute Gasteiger partial charge is 0.504 e. The summed E-state index contributed by atoms with van der Waals surface area (Å²) >= 11 is 1.61. The summed E-state index contributed by atoms with van der Waals surface area (Å²) in [6.45, 7) is 0.689. The molecule has 6 aliphatic rings. The van der Waals surface area contributed by atoms with E-state index in [1.807, 2.05) is 6.21 Å². The molecule has 1 unspecified atom stereocenters. The second-order valence-electron chi connectivity index (χ2n) is 7.62. The van der Waals surface area contributed by atoms with E-state index in [4.69, 9.17) is 0 Å². The van der Waals surface area contributed by atoms with Gasteiger partial charge in [-0.3, -0.25) is 9.79 Å². The van der Waals surface area contributed by atoms with Crippen molar-refractivity contribution in [3.8, 4) is 5.75 Å². The number of nitrogens with zero attached hydrogens (tertiary/aromatic N) is 2. The molecular weight excluding hydrogens is 338 g/mol. The molecule has 0 radical (unpaired) electrons. The molecule has 1 spiro atoms. The summed E-state index contributed by atoms with van der Waals surface area (Å²) in [4.78, 5) is 18.3. The maximum Gasteiger partial charge on any atom is 0.242 e. The highest BCUT2D eigenvalue weighted by Gasteiger charge is 2.66. The van der Waals surface area contributed by atoms with Crippen LogP contribution < -0.4 is 20.5 Å². The normalized spacial score (nSPS) is 37.4. The average molecular weight is 352 g/mol. The van der Waals surface area contributed by atoms with E-state index in [0.717, 1.165) is 39.5 Å². The quantitative estimate of drug-likeness (QED) is 0.433. The lowest BCUT2D eigenvalue weighted by atomic mass is 9.62. The maximum absolute atomic E-state index is 12.8. The molecule has 124 valence electrons. The topological polar surface area (TPSA) is 84.9 Å². The molecule has 1 aromatic rings. The predicted molar refractivity (Wildman–Crippen MR) is 93.8 cm³/mol. The fourth-order valence-corrected chi connectivity index (χ4v) is 7.26. The van der Waals surface area contributed by atoms with Crippen LogP contribution in [0.5, 0.6) is 5.75 Å². The van der Waals surface area contributed by atoms with Crippen molar-refractivity contribution in [2.24, 2.45) is 4.99 Å². The van der Waals surface area contributed by atoms with Gasteiger partial charge in [0.2, 0.25) is 17.2 Å². The van der Waals surface area contributed by atoms with Crippen LogP contribution in [0.4, 0.5) is 11.4 Å². The van der Waals surface area contributed by atoms with Crippen LogP contribution in [0.15, 0.2) is 16.0 Å². The highest BCUT2D eigenvalue weighted by molar-refractivity contribution is 8.04. The van der Waals surface area contributed by atoms with Crippen LogP contribution in [0.25, 0.3) is 5.57 Å². The Hall–Kier alpha value is -2.12. The Kier molecular flexibility index (Phi) is 1.94. The van der Waals surface area contributed by atoms with Crippen LogP contribution in [0.3, 0.4) is 0 Å². The SMILES string of the molecule is O=C1C=C2S[C@H]3C[C@]24c2c(c(O)c5c6c2=[N+](CCC=6C=N5)C1[C@@H]4O)N3. The molecule has 3 N–H and O–H groups in total. The van der Waals surface area contributed by atoms with Gasteiger partial charge in [-0.15, -0.1) is 11.8 Å². The van der Waals surface area contributed by atoms with Gasteiger partial charge in [-0.2, -0.15) is 0 Å². The third kappa shape index (κ3) is 1.15. The van der Waals surface area contributed by atoms with E-state index < -0.39 is 17.6 Å². The second-order valence-corrected chi connectivity index (χ2v) is 8.87. The van der Waals surface area contributed by atoms with Gasteiger partial charge in [0, 0.05) is 17.5 Å². The Morgan fingerprint density at radius 1 is 1.44 bits per heavy atom. The monoisotopic (exact) mass is 352 g/mol. The van der Waals surface area contributed by atoms with E-state index in [1.54, 1.807) is 17.8 Å². The number of ketones is 1. The Morgan fingerprint density at radius 3 is 3.20 bits per heavy atom. The van der Waals surface area contributed by atoms with Gasteiger partial charge in [-0.1, -0.05) is 0 Å². The number of benzene rings is 1. The number of phenolic OH excluding ortho intramolecular Hbond substituents is 1. The number of hydrogen-bond donors (Lipinski definition) is 3. The highest BCUT2D eigenvalue weighted by atomic mass is 32.2. The number of carbonyl (C=O) groups is 1. The van der Waals surface area contributed by atoms with Gasteiger partial charge >= 0.3 is 0 Å². The summed E-state index contributed by atoms with van der Waals surface area (Å²) < 4.78 is 2.06. The lowest BCUT2D eigenvalue weighted by molar-refractivity contribution is -0.123. The van der Waals surface area contributed by atoms with Gasteiger partial charge in [0.05, 0.1) is 27.3 Å². The molecule has 0 amide bonds. The van der Waals surface area contributed by atoms with Crippen molar-refractivity contribution >= 4 is 40.7 Å². The summed E-state index contributed by atoms with van der Waals surface area (Å²) in [6, 6.07) is -0.530. The molecule has 3 bridgehead atoms. The van der Waals surface area contributed by atoms with Crippen molar-refractivity contribution in [3.05, 3.63) is 27.1 Å². The van der Waals surface area contributed by atoms with Crippen LogP contribution in [-0.2, 0) is 10.2 Å². The molecule has 1 aromatic carbocycles. The number of anilines is 1. The summed E-state index contributed by atoms with van der Waals surface area (Å²) in [5, 5.41) is 27.7. The number of aliphatic hydroxyl groups excluding tert-OH is 1. The minimum absolute atomic E-state index is 0.00966. The third-order valence-electron chi connectivity index (χ3n) is 6.67. The standard InChI is InChI=1S/C18H13N3O3S/c22-7-3-8-18-4-9(25-8)20-13-11(18)15-10-6(5-19-12(10)16(13)23)1-2-21(15)14(7)17(18)24/h3,5,9,14,17,24H,1-2,4H2,(H,19,20,23)/p+1/t9-,14?,17-,18+/m0/s1. The Bertz CT molecular complexity index is 1150. The number of thioether (sulfide) groups is 1. The summed E-state index contributed by atoms with van der Waals surface area (Å²) in [5.41, 5.74) is 2.82. The Balaban J connectivity index is 1.82. The lowest BCUT2D eigenvalue weighted by Gasteiger charge is -2.45. The molecule has 0 aromatic heterocycles. The van der Waals surface area contributed by atoms with Crippen LogP contribution in [-0.4, -0.2) is 46.3 Å². The van der Waals surface area contributed by atoms with Crippen LogP contribution in [0.2, 0.25) is 0 Å². The first kappa shape index (κ1) is 13.1. The number of rotatable bonds is 0. The zero-order chi connectivity index (χ0) is 16.7. The maximum atomic E-state index is 12.8. The molecular formula is C18H14N3O3S+. The zero-order valence-corrected chi connectivity index (χ0v) is 13.9. The number of carbonyl (C=O) groups excluding carboxylic acids is 1. The molecule has 5 heterocycles. The highest BCUT2D eigenvalue weighted by Crippen LogP contribution is 2.62. The molecule has 1 fully saturated rings. The smallest absolute Gasteiger partial charge is 0.242 e. The predicted octanol–water partition coefficient (Wildman–Crippen LogP) is -0.510. The molecule has 4 atom stereocenters. The number of hydrogen-bond acceptors (Lipinski definition) is 6. The minimum Gasteiger partial charge on any atom is -0.504 e. The van der Waals surface area contributed by atoms with Crippen LogP contribution in [0.1, 0.15) is 18.4 Å². The van der Waals surface area contributed by atoms with Crippen molar-refractivity contribution in [2.75, 3.05) is 11.9 Å². The van der Waals surface area contributed by atoms with Gasteiger partial charge in [-0.25, -0.2) is 4.58 Å². The van der Waals surface area contributed by atoms with Crippen molar-refractivity contribution < 1.29 is 15.0 Å². The number of aromatic hydroxyl groups is 1. The molecule has 5 aliphatic heterocycles. The molecule has 7 rings (SSSR count). The van der Waals surface area contributed by atoms with Gasteiger partial charge in [0.1, 0.15) is 18.3 Å². The zero-order valence-electron chi connectivity index (χ0n) is 13.1. The van der Waals surface area contributed by atoms with Crippen molar-refractivity contribution in [3.63, 3.8) is 0 Å². The van der Waals surface area contributed by atoms with Crippen molar-refractivity contribution in [1.82, 2.24) is 4.58 Å². The number of nitrogens with one attached hydrogen (secondary N) is 1. The molecule has 7 heteroatoms. The van der Waals surface area contributed by atoms with Gasteiger partial charge < -0.3 is 15.5 Å². The third-order valence-corrected chi connectivity index (χ3v) is 7.98. The van der Waals surface area contributed by atoms with Gasteiger partial charge in [-0.05, 0) is 18.1 Å². The summed E-state index contributed by atoms with van der Waals surface area (Å²) in [5.74, 6) is 0.167. The molecule has 1 aliphatic carbocycles. The minimum atomic E-state index is -0.771. The van der Waals surface area contributed by atoms with E-state index in [0.29, 0.717) is 17.9 Å². The van der Waals surface area contributed by atoms with Gasteiger partial charge in [0.15, 0.2) is 5.75 Å². The molecule has 0 saturated carbocycles. The van der Waals surface area contributed by atoms with Crippen molar-refractivity contribution in [1.29, 1.82) is 0 Å². The average Bonchev–Trinajstić information content (AvgIpc) is 3.13. The van der Waals surface area contributed by atoms with E-state index in [9.17, 15) is 15.0 Å². The van der Waals surface area contributed by atoms with E-state index in [-0.39, 0.29) is 16.9 Å². The first-order chi connectivity index (χ1) is 12.1. The number of phenols is 1. The first-order valence-electron chi connectivity index (χ1n) is 8.59. The Morgan fingerprint density at radius 2 is 2.32 bits per heavy atom. The van der Waals surface area contributed by atoms with Crippen LogP contribution in [0, 0.1) is 0 Å². The fourth-order valence-electron chi connectivity index (χ4n) is 5.73. The molecule has 1 saturated heterocycles. The van der Waals surface area contributed by atoms with Gasteiger partial charge in [0.25, 0.3) is 0 Å². The Labute approximate surface area is 146 Å². The first-order valence-corrected chi connectivity index (χ1v) is 9.47. The van der Waals surface area contributed by atoms with E-state index in [1.165, 1.54) is 0 Å². The fraction of sp³-hybridized carbons (Fsp3) is 0.389. The van der Waals surface area contributed by atoms with E-state index in [2.05, 4.69) is 14.9 Å². The van der Waals surface area contributed by atoms with Crippen molar-refractivity contribution in [2.45, 2.75) is 35.8 Å². The number of aliphatic hydroxyl groups is 1. The van der Waals surface area contributed by atoms with Crippen LogP contribution >= 0.6 is 11.8 Å². The summed E-state index contributed by atoms with van der Waals surface area (Å²) in [7, 11) is 0.